The van der Waals surface area contributed by atoms with Crippen LogP contribution in [-0.4, -0.2) is 4.98 Å². The molecule has 1 aromatic rings. The van der Waals surface area contributed by atoms with Gasteiger partial charge in [-0.05, 0) is 19.1 Å². The average Bonchev–Trinajstić information content (AvgIpc) is 1.82. The molecule has 1 nitrogen and oxygen atoms in total. The summed E-state index contributed by atoms with van der Waals surface area (Å²) in [5.74, 6) is 0. The molecule has 66 valence electrons. The van der Waals surface area contributed by atoms with Crippen LogP contribution in [0.1, 0.15) is 11.4 Å². The summed E-state index contributed by atoms with van der Waals surface area (Å²) in [4.78, 5) is 3.35. The molecule has 0 aliphatic carbocycles. The minimum absolute atomic E-state index is 0.344. The molecular formula is C7H5BrF3N. The van der Waals surface area contributed by atoms with E-state index >= 15 is 0 Å². The molecule has 0 bridgehead atoms. The molecule has 1 rings (SSSR count). The van der Waals surface area contributed by atoms with E-state index < -0.39 is 11.9 Å². The number of rotatable bonds is 0. The molecule has 1 aromatic heterocycles. The predicted molar refractivity (Wildman–Crippen MR) is 41.7 cm³/mol. The Morgan fingerprint density at radius 3 is 2.33 bits per heavy atom. The maximum Gasteiger partial charge on any atom is 0.433 e. The van der Waals surface area contributed by atoms with Crippen molar-refractivity contribution in [1.82, 2.24) is 4.98 Å². The lowest BCUT2D eigenvalue weighted by atomic mass is 10.3. The minimum atomic E-state index is -4.37. The first kappa shape index (κ1) is 9.51. The van der Waals surface area contributed by atoms with Crippen molar-refractivity contribution < 1.29 is 13.2 Å². The monoisotopic (exact) mass is 239 g/mol. The zero-order valence-electron chi connectivity index (χ0n) is 6.11. The highest BCUT2D eigenvalue weighted by atomic mass is 79.9. The van der Waals surface area contributed by atoms with Crippen LogP contribution in [0, 0.1) is 6.92 Å². The van der Waals surface area contributed by atoms with Gasteiger partial charge in [-0.2, -0.15) is 13.2 Å². The summed E-state index contributed by atoms with van der Waals surface area (Å²) < 4.78 is 36.6. The highest BCUT2D eigenvalue weighted by Crippen LogP contribution is 2.29. The van der Waals surface area contributed by atoms with Gasteiger partial charge in [0.05, 0.1) is 0 Å². The molecule has 0 N–H and O–H groups in total. The Bertz CT molecular complexity index is 275. The van der Waals surface area contributed by atoms with Crippen LogP contribution in [0.4, 0.5) is 13.2 Å². The van der Waals surface area contributed by atoms with Crippen LogP contribution in [0.3, 0.4) is 0 Å². The lowest BCUT2D eigenvalue weighted by Crippen LogP contribution is -2.08. The van der Waals surface area contributed by atoms with Crippen LogP contribution >= 0.6 is 15.9 Å². The highest BCUT2D eigenvalue weighted by molar-refractivity contribution is 9.10. The quantitative estimate of drug-likeness (QED) is 0.678. The lowest BCUT2D eigenvalue weighted by molar-refractivity contribution is -0.141. The molecule has 1 heterocycles. The van der Waals surface area contributed by atoms with E-state index in [1.165, 1.54) is 13.0 Å². The fourth-order valence-electron chi connectivity index (χ4n) is 0.772. The third kappa shape index (κ3) is 2.20. The van der Waals surface area contributed by atoms with Crippen molar-refractivity contribution in [2.24, 2.45) is 0 Å². The number of aryl methyl sites for hydroxylation is 1. The van der Waals surface area contributed by atoms with Gasteiger partial charge in [-0.15, -0.1) is 0 Å². The van der Waals surface area contributed by atoms with Crippen LogP contribution < -0.4 is 0 Å². The van der Waals surface area contributed by atoms with Gasteiger partial charge >= 0.3 is 6.18 Å². The Balaban J connectivity index is 3.18. The molecule has 5 heteroatoms. The molecule has 0 aliphatic heterocycles. The molecule has 0 aromatic carbocycles. The van der Waals surface area contributed by atoms with Gasteiger partial charge in [-0.3, -0.25) is 0 Å². The second kappa shape index (κ2) is 3.05. The summed E-state index contributed by atoms with van der Waals surface area (Å²) in [5, 5.41) is 0. The maximum atomic E-state index is 12.1. The summed E-state index contributed by atoms with van der Waals surface area (Å²) in [5.41, 5.74) is -0.522. The summed E-state index contributed by atoms with van der Waals surface area (Å²) in [7, 11) is 0. The van der Waals surface area contributed by atoms with E-state index in [-0.39, 0.29) is 0 Å². The number of pyridine rings is 1. The van der Waals surface area contributed by atoms with E-state index in [0.29, 0.717) is 10.2 Å². The van der Waals surface area contributed by atoms with E-state index in [2.05, 4.69) is 20.9 Å². The smallest absolute Gasteiger partial charge is 0.249 e. The van der Waals surface area contributed by atoms with Gasteiger partial charge in [0.2, 0.25) is 0 Å². The summed E-state index contributed by atoms with van der Waals surface area (Å²) in [6.45, 7) is 1.51. The molecule has 0 saturated carbocycles. The number of nitrogens with zero attached hydrogens (tertiary/aromatic N) is 1. The standard InChI is InChI=1S/C7H5BrF3N/c1-4-2-5(8)3-6(12-4)7(9,10)11/h2-3H,1H3. The van der Waals surface area contributed by atoms with Gasteiger partial charge in [0.1, 0.15) is 5.69 Å². The molecule has 0 unspecified atom stereocenters. The fourth-order valence-corrected chi connectivity index (χ4v) is 1.32. The zero-order chi connectivity index (χ0) is 9.35. The number of alkyl halides is 3. The lowest BCUT2D eigenvalue weighted by Gasteiger charge is -2.06. The first-order valence-corrected chi connectivity index (χ1v) is 3.90. The number of hydrogen-bond donors (Lipinski definition) is 0. The summed E-state index contributed by atoms with van der Waals surface area (Å²) >= 11 is 2.97. The van der Waals surface area contributed by atoms with Crippen molar-refractivity contribution in [3.05, 3.63) is 28.0 Å². The first-order chi connectivity index (χ1) is 5.39. The van der Waals surface area contributed by atoms with E-state index in [1.807, 2.05) is 0 Å². The van der Waals surface area contributed by atoms with Crippen LogP contribution in [-0.2, 0) is 6.18 Å². The molecule has 0 spiro atoms. The Hall–Kier alpha value is -0.580. The van der Waals surface area contributed by atoms with E-state index in [9.17, 15) is 13.2 Å². The fraction of sp³-hybridized carbons (Fsp3) is 0.286. The molecule has 0 saturated heterocycles. The van der Waals surface area contributed by atoms with E-state index in [4.69, 9.17) is 0 Å². The molecule has 0 atom stereocenters. The Morgan fingerprint density at radius 2 is 1.92 bits per heavy atom. The highest BCUT2D eigenvalue weighted by Gasteiger charge is 2.32. The van der Waals surface area contributed by atoms with Gasteiger partial charge in [0.15, 0.2) is 0 Å². The normalized spacial score (nSPS) is 11.8. The van der Waals surface area contributed by atoms with Gasteiger partial charge in [0.25, 0.3) is 0 Å². The summed E-state index contributed by atoms with van der Waals surface area (Å²) in [6.07, 6.45) is -4.37. The zero-order valence-corrected chi connectivity index (χ0v) is 7.70. The predicted octanol–water partition coefficient (Wildman–Crippen LogP) is 3.17. The number of hydrogen-bond acceptors (Lipinski definition) is 1. The maximum absolute atomic E-state index is 12.1. The molecule has 0 aliphatic rings. The number of aromatic nitrogens is 1. The third-order valence-electron chi connectivity index (χ3n) is 1.21. The molecule has 12 heavy (non-hydrogen) atoms. The van der Waals surface area contributed by atoms with E-state index in [0.717, 1.165) is 6.07 Å². The van der Waals surface area contributed by atoms with E-state index in [1.54, 1.807) is 0 Å². The molecule has 0 fully saturated rings. The van der Waals surface area contributed by atoms with Gasteiger partial charge < -0.3 is 0 Å². The molecule has 0 amide bonds. The number of halogens is 4. The van der Waals surface area contributed by atoms with Crippen molar-refractivity contribution in [2.45, 2.75) is 13.1 Å². The third-order valence-corrected chi connectivity index (χ3v) is 1.67. The van der Waals surface area contributed by atoms with Crippen molar-refractivity contribution in [1.29, 1.82) is 0 Å². The van der Waals surface area contributed by atoms with Crippen LogP contribution in [0.15, 0.2) is 16.6 Å². The van der Waals surface area contributed by atoms with Crippen molar-refractivity contribution in [3.63, 3.8) is 0 Å². The van der Waals surface area contributed by atoms with Crippen molar-refractivity contribution >= 4 is 15.9 Å². The van der Waals surface area contributed by atoms with Crippen LogP contribution in [0.2, 0.25) is 0 Å². The minimum Gasteiger partial charge on any atom is -0.249 e. The summed E-state index contributed by atoms with van der Waals surface area (Å²) in [6, 6.07) is 2.47. The molecular weight excluding hydrogens is 235 g/mol. The van der Waals surface area contributed by atoms with Crippen LogP contribution in [0.5, 0.6) is 0 Å². The van der Waals surface area contributed by atoms with Crippen LogP contribution in [0.25, 0.3) is 0 Å². The molecule has 0 radical (unpaired) electrons. The SMILES string of the molecule is Cc1cc(Br)cc(C(F)(F)F)n1. The largest absolute Gasteiger partial charge is 0.433 e. The Kier molecular flexibility index (Phi) is 2.41. The Morgan fingerprint density at radius 1 is 1.33 bits per heavy atom. The first-order valence-electron chi connectivity index (χ1n) is 3.11. The average molecular weight is 240 g/mol. The second-order valence-corrected chi connectivity index (χ2v) is 3.23. The van der Waals surface area contributed by atoms with Crippen molar-refractivity contribution in [2.75, 3.05) is 0 Å². The van der Waals surface area contributed by atoms with Crippen molar-refractivity contribution in [3.8, 4) is 0 Å². The van der Waals surface area contributed by atoms with Gasteiger partial charge in [0, 0.05) is 10.2 Å². The topological polar surface area (TPSA) is 12.9 Å². The van der Waals surface area contributed by atoms with Gasteiger partial charge in [-0.25, -0.2) is 4.98 Å². The van der Waals surface area contributed by atoms with Gasteiger partial charge in [-0.1, -0.05) is 15.9 Å². The Labute approximate surface area is 75.7 Å². The second-order valence-electron chi connectivity index (χ2n) is 2.31.